The largest absolute Gasteiger partial charge is 0.301 e. The zero-order valence-corrected chi connectivity index (χ0v) is 13.1. The summed E-state index contributed by atoms with van der Waals surface area (Å²) in [6.07, 6.45) is 0. The third kappa shape index (κ3) is 4.13. The lowest BCUT2D eigenvalue weighted by atomic mass is 10.2. The van der Waals surface area contributed by atoms with Gasteiger partial charge in [-0.25, -0.2) is 0 Å². The smallest absolute Gasteiger partial charge is 0.274 e. The standard InChI is InChI=1S/C11H9ClN4O3S2/c1-6(17)13-10-14-15-11(21-10)20-5-7-8(12)3-2-4-9(7)16(18)19/h2-4H,5H2,1H3,(H,13,14,17). The van der Waals surface area contributed by atoms with Crippen LogP contribution in [0.2, 0.25) is 5.02 Å². The lowest BCUT2D eigenvalue weighted by Crippen LogP contribution is -2.04. The molecule has 1 aromatic carbocycles. The number of carbonyl (C=O) groups is 1. The maximum Gasteiger partial charge on any atom is 0.274 e. The SMILES string of the molecule is CC(=O)Nc1nnc(SCc2c(Cl)cccc2[N+](=O)[O-])s1. The van der Waals surface area contributed by atoms with Crippen LogP contribution in [0.15, 0.2) is 22.5 Å². The molecule has 1 aromatic heterocycles. The highest BCUT2D eigenvalue weighted by molar-refractivity contribution is 8.00. The van der Waals surface area contributed by atoms with Gasteiger partial charge in [-0.3, -0.25) is 14.9 Å². The van der Waals surface area contributed by atoms with E-state index in [0.717, 1.165) is 0 Å². The lowest BCUT2D eigenvalue weighted by molar-refractivity contribution is -0.385. The molecule has 7 nitrogen and oxygen atoms in total. The predicted octanol–water partition coefficient (Wildman–Crippen LogP) is 3.35. The van der Waals surface area contributed by atoms with E-state index < -0.39 is 4.92 Å². The first-order valence-corrected chi connectivity index (χ1v) is 7.81. The van der Waals surface area contributed by atoms with Crippen LogP contribution in [0.1, 0.15) is 12.5 Å². The van der Waals surface area contributed by atoms with Gasteiger partial charge in [0.15, 0.2) is 4.34 Å². The monoisotopic (exact) mass is 344 g/mol. The van der Waals surface area contributed by atoms with Crippen LogP contribution < -0.4 is 5.32 Å². The van der Waals surface area contributed by atoms with Crippen molar-refractivity contribution in [2.75, 3.05) is 5.32 Å². The molecule has 2 rings (SSSR count). The first-order valence-electron chi connectivity index (χ1n) is 5.63. The van der Waals surface area contributed by atoms with Gasteiger partial charge in [0.25, 0.3) is 5.69 Å². The number of benzene rings is 1. The zero-order valence-electron chi connectivity index (χ0n) is 10.7. The van der Waals surface area contributed by atoms with E-state index in [1.165, 1.54) is 42.2 Å². The summed E-state index contributed by atoms with van der Waals surface area (Å²) in [5.74, 6) is 0.0643. The molecule has 10 heteroatoms. The molecular weight excluding hydrogens is 336 g/mol. The van der Waals surface area contributed by atoms with Crippen molar-refractivity contribution in [2.45, 2.75) is 17.0 Å². The third-order valence-corrected chi connectivity index (χ3v) is 4.67. The summed E-state index contributed by atoms with van der Waals surface area (Å²) >= 11 is 8.47. The quantitative estimate of drug-likeness (QED) is 0.386. The summed E-state index contributed by atoms with van der Waals surface area (Å²) in [5, 5.41) is 21.9. The Morgan fingerprint density at radius 2 is 2.29 bits per heavy atom. The van der Waals surface area contributed by atoms with E-state index in [9.17, 15) is 14.9 Å². The minimum absolute atomic E-state index is 0.0263. The molecule has 0 aliphatic carbocycles. The maximum atomic E-state index is 11.0. The predicted molar refractivity (Wildman–Crippen MR) is 81.9 cm³/mol. The summed E-state index contributed by atoms with van der Waals surface area (Å²) in [6, 6.07) is 4.55. The molecule has 0 radical (unpaired) electrons. The molecule has 1 amide bonds. The number of nitro groups is 1. The van der Waals surface area contributed by atoms with E-state index in [-0.39, 0.29) is 11.6 Å². The maximum absolute atomic E-state index is 11.0. The van der Waals surface area contributed by atoms with E-state index in [0.29, 0.717) is 25.8 Å². The molecule has 1 heterocycles. The van der Waals surface area contributed by atoms with E-state index in [4.69, 9.17) is 11.6 Å². The summed E-state index contributed by atoms with van der Waals surface area (Å²) in [6.45, 7) is 1.38. The Labute approximate surface area is 132 Å². The van der Waals surface area contributed by atoms with Gasteiger partial charge in [-0.1, -0.05) is 40.8 Å². The highest BCUT2D eigenvalue weighted by Crippen LogP contribution is 2.34. The van der Waals surface area contributed by atoms with Gasteiger partial charge in [0.1, 0.15) is 0 Å². The second-order valence-electron chi connectivity index (χ2n) is 3.84. The van der Waals surface area contributed by atoms with Crippen molar-refractivity contribution in [1.29, 1.82) is 0 Å². The van der Waals surface area contributed by atoms with Gasteiger partial charge in [-0.15, -0.1) is 10.2 Å². The molecule has 0 aliphatic heterocycles. The summed E-state index contributed by atoms with van der Waals surface area (Å²) in [5.41, 5.74) is 0.409. The van der Waals surface area contributed by atoms with E-state index >= 15 is 0 Å². The Morgan fingerprint density at radius 1 is 1.52 bits per heavy atom. The number of carbonyl (C=O) groups excluding carboxylic acids is 1. The molecule has 0 saturated heterocycles. The minimum atomic E-state index is -0.468. The summed E-state index contributed by atoms with van der Waals surface area (Å²) in [4.78, 5) is 21.4. The van der Waals surface area contributed by atoms with E-state index in [1.807, 2.05) is 0 Å². The number of hydrogen-bond acceptors (Lipinski definition) is 7. The lowest BCUT2D eigenvalue weighted by Gasteiger charge is -2.03. The molecule has 21 heavy (non-hydrogen) atoms. The van der Waals surface area contributed by atoms with Crippen LogP contribution in [0.4, 0.5) is 10.8 Å². The van der Waals surface area contributed by atoms with Gasteiger partial charge in [0.2, 0.25) is 11.0 Å². The normalized spacial score (nSPS) is 10.4. The van der Waals surface area contributed by atoms with Crippen molar-refractivity contribution in [3.8, 4) is 0 Å². The topological polar surface area (TPSA) is 98.0 Å². The van der Waals surface area contributed by atoms with Crippen molar-refractivity contribution in [2.24, 2.45) is 0 Å². The average molecular weight is 345 g/mol. The van der Waals surface area contributed by atoms with Gasteiger partial charge in [-0.05, 0) is 6.07 Å². The van der Waals surface area contributed by atoms with Gasteiger partial charge < -0.3 is 5.32 Å². The summed E-state index contributed by atoms with van der Waals surface area (Å²) in [7, 11) is 0. The first-order chi connectivity index (χ1) is 9.97. The molecule has 0 spiro atoms. The van der Waals surface area contributed by atoms with Crippen molar-refractivity contribution < 1.29 is 9.72 Å². The van der Waals surface area contributed by atoms with Crippen LogP contribution in [0.25, 0.3) is 0 Å². The number of aromatic nitrogens is 2. The van der Waals surface area contributed by atoms with Crippen LogP contribution >= 0.6 is 34.7 Å². The number of hydrogen-bond donors (Lipinski definition) is 1. The second-order valence-corrected chi connectivity index (χ2v) is 6.44. The molecule has 0 fully saturated rings. The van der Waals surface area contributed by atoms with Gasteiger partial charge in [0.05, 0.1) is 15.5 Å². The number of nitrogens with zero attached hydrogens (tertiary/aromatic N) is 3. The highest BCUT2D eigenvalue weighted by Gasteiger charge is 2.17. The Bertz CT molecular complexity index is 692. The third-order valence-electron chi connectivity index (χ3n) is 2.32. The number of halogens is 1. The molecule has 0 saturated carbocycles. The van der Waals surface area contributed by atoms with Crippen molar-refractivity contribution in [3.05, 3.63) is 38.9 Å². The Hall–Kier alpha value is -1.71. The Morgan fingerprint density at radius 3 is 2.95 bits per heavy atom. The van der Waals surface area contributed by atoms with Gasteiger partial charge >= 0.3 is 0 Å². The van der Waals surface area contributed by atoms with Crippen molar-refractivity contribution >= 4 is 51.4 Å². The summed E-state index contributed by atoms with van der Waals surface area (Å²) < 4.78 is 0.591. The number of rotatable bonds is 5. The minimum Gasteiger partial charge on any atom is -0.301 e. The second kappa shape index (κ2) is 6.83. The number of anilines is 1. The van der Waals surface area contributed by atoms with E-state index in [1.54, 1.807) is 6.07 Å². The average Bonchev–Trinajstić information content (AvgIpc) is 2.83. The number of thioether (sulfide) groups is 1. The molecule has 0 unspecified atom stereocenters. The molecule has 2 aromatic rings. The number of nitrogens with one attached hydrogen (secondary N) is 1. The molecule has 1 N–H and O–H groups in total. The van der Waals surface area contributed by atoms with Crippen molar-refractivity contribution in [1.82, 2.24) is 10.2 Å². The fraction of sp³-hybridized carbons (Fsp3) is 0.182. The first kappa shape index (κ1) is 15.7. The van der Waals surface area contributed by atoms with E-state index in [2.05, 4.69) is 15.5 Å². The van der Waals surface area contributed by atoms with Crippen molar-refractivity contribution in [3.63, 3.8) is 0 Å². The van der Waals surface area contributed by atoms with Gasteiger partial charge in [-0.2, -0.15) is 0 Å². The van der Waals surface area contributed by atoms with Crippen LogP contribution in [0.5, 0.6) is 0 Å². The zero-order chi connectivity index (χ0) is 15.4. The Kier molecular flexibility index (Phi) is 5.10. The molecular formula is C11H9ClN4O3S2. The van der Waals surface area contributed by atoms with Gasteiger partial charge in [0, 0.05) is 18.7 Å². The van der Waals surface area contributed by atoms with Crippen LogP contribution in [-0.2, 0) is 10.5 Å². The highest BCUT2D eigenvalue weighted by atomic mass is 35.5. The Balaban J connectivity index is 2.11. The molecule has 0 atom stereocenters. The molecule has 110 valence electrons. The van der Waals surface area contributed by atoms with Crippen LogP contribution in [0, 0.1) is 10.1 Å². The molecule has 0 bridgehead atoms. The van der Waals surface area contributed by atoms with Crippen LogP contribution in [0.3, 0.4) is 0 Å². The number of amides is 1. The van der Waals surface area contributed by atoms with Crippen LogP contribution in [-0.4, -0.2) is 21.0 Å². The number of nitro benzene ring substituents is 1. The molecule has 0 aliphatic rings. The fourth-order valence-corrected chi connectivity index (χ4v) is 3.62. The fourth-order valence-electron chi connectivity index (χ4n) is 1.46.